The van der Waals surface area contributed by atoms with E-state index >= 15 is 0 Å². The molecule has 326 valence electrons. The lowest BCUT2D eigenvalue weighted by molar-refractivity contribution is -0.373. The third-order valence-corrected chi connectivity index (χ3v) is 8.77. The number of rotatable bonds is 19. The third kappa shape index (κ3) is 14.2. The highest BCUT2D eigenvalue weighted by molar-refractivity contribution is 4.93. The van der Waals surface area contributed by atoms with Gasteiger partial charge in [0.05, 0.1) is 37.6 Å². The van der Waals surface area contributed by atoms with Crippen LogP contribution in [0.2, 0.25) is 0 Å². The molecule has 3 heterocycles. The summed E-state index contributed by atoms with van der Waals surface area (Å²) >= 11 is 0. The van der Waals surface area contributed by atoms with E-state index in [1.807, 2.05) is 27.7 Å². The summed E-state index contributed by atoms with van der Waals surface area (Å²) in [6, 6.07) is 0. The van der Waals surface area contributed by atoms with Crippen molar-refractivity contribution >= 4 is 0 Å². The molecular formula is C34H65NO20. The van der Waals surface area contributed by atoms with Crippen LogP contribution in [0.4, 0.5) is 0 Å². The van der Waals surface area contributed by atoms with Gasteiger partial charge in [0.2, 0.25) is 0 Å². The highest BCUT2D eigenvalue weighted by Gasteiger charge is 2.50. The van der Waals surface area contributed by atoms with Crippen LogP contribution < -0.4 is 5.32 Å². The highest BCUT2D eigenvalue weighted by Crippen LogP contribution is 2.30. The van der Waals surface area contributed by atoms with Crippen molar-refractivity contribution in [3.63, 3.8) is 0 Å². The first-order valence-electron chi connectivity index (χ1n) is 18.5. The minimum atomic E-state index is -1.85. The van der Waals surface area contributed by atoms with Crippen molar-refractivity contribution in [2.24, 2.45) is 0 Å². The Morgan fingerprint density at radius 3 is 1.51 bits per heavy atom. The zero-order valence-electron chi connectivity index (χ0n) is 32.4. The van der Waals surface area contributed by atoms with E-state index in [1.54, 1.807) is 20.8 Å². The summed E-state index contributed by atoms with van der Waals surface area (Å²) in [7, 11) is 0. The molecule has 0 aromatic rings. The molecule has 0 aromatic heterocycles. The molecule has 18 atom stereocenters. The number of hydrogen-bond acceptors (Lipinski definition) is 21. The second-order valence-corrected chi connectivity index (χ2v) is 15.9. The van der Waals surface area contributed by atoms with Crippen molar-refractivity contribution in [1.29, 1.82) is 0 Å². The Morgan fingerprint density at radius 2 is 1.05 bits per heavy atom. The van der Waals surface area contributed by atoms with Gasteiger partial charge in [-0.1, -0.05) is 6.92 Å². The molecule has 21 heteroatoms. The largest absolute Gasteiger partial charge is 0.394 e. The van der Waals surface area contributed by atoms with Crippen LogP contribution in [0.25, 0.3) is 0 Å². The van der Waals surface area contributed by atoms with Crippen LogP contribution in [0.1, 0.15) is 54.9 Å². The average molecular weight is 808 g/mol. The summed E-state index contributed by atoms with van der Waals surface area (Å²) in [5.41, 5.74) is -1.47. The maximum Gasteiger partial charge on any atom is 0.189 e. The van der Waals surface area contributed by atoms with E-state index in [-0.39, 0.29) is 6.54 Å². The van der Waals surface area contributed by atoms with E-state index in [4.69, 9.17) is 42.6 Å². The minimum Gasteiger partial charge on any atom is -0.394 e. The van der Waals surface area contributed by atoms with Gasteiger partial charge < -0.3 is 104 Å². The van der Waals surface area contributed by atoms with Gasteiger partial charge in [0.15, 0.2) is 31.5 Å². The van der Waals surface area contributed by atoms with E-state index in [0.717, 1.165) is 6.42 Å². The number of aliphatic hydroxyl groups is 11. The quantitative estimate of drug-likeness (QED) is 0.0430. The Kier molecular flexibility index (Phi) is 18.9. The van der Waals surface area contributed by atoms with Crippen molar-refractivity contribution in [2.45, 2.75) is 177 Å². The molecular weight excluding hydrogens is 742 g/mol. The van der Waals surface area contributed by atoms with Crippen LogP contribution in [-0.2, 0) is 42.6 Å². The second kappa shape index (κ2) is 21.4. The number of aliphatic hydroxyl groups excluding tert-OH is 11. The molecule has 55 heavy (non-hydrogen) atoms. The van der Waals surface area contributed by atoms with Gasteiger partial charge in [-0.05, 0) is 54.5 Å². The average Bonchev–Trinajstić information content (AvgIpc) is 3.10. The van der Waals surface area contributed by atoms with E-state index in [2.05, 4.69) is 5.32 Å². The Labute approximate surface area is 320 Å². The third-order valence-electron chi connectivity index (χ3n) is 8.77. The summed E-state index contributed by atoms with van der Waals surface area (Å²) in [6.07, 6.45) is -27.9. The normalized spacial score (nSPS) is 39.5. The van der Waals surface area contributed by atoms with Crippen LogP contribution in [0.3, 0.4) is 0 Å². The summed E-state index contributed by atoms with van der Waals surface area (Å²) in [5, 5.41) is 118. The summed E-state index contributed by atoms with van der Waals surface area (Å²) < 4.78 is 51.2. The van der Waals surface area contributed by atoms with Crippen molar-refractivity contribution in [3.8, 4) is 0 Å². The Balaban J connectivity index is 1.64. The van der Waals surface area contributed by atoms with Crippen molar-refractivity contribution in [1.82, 2.24) is 5.32 Å². The SMILES string of the molecule is CCCNCC(OC(COC1OC(COC2OC(COC3OC(OC(C)(C)C)C(O)C(O)C3O)C(O)C(O)C2O)C(O)C(O)C1O)C(O)CO)OC(C)(C)C. The lowest BCUT2D eigenvalue weighted by Gasteiger charge is -2.44. The summed E-state index contributed by atoms with van der Waals surface area (Å²) in [6.45, 7) is 10.9. The van der Waals surface area contributed by atoms with Crippen LogP contribution in [0.15, 0.2) is 0 Å². The van der Waals surface area contributed by atoms with E-state index < -0.39 is 148 Å². The Bertz CT molecular complexity index is 1100. The molecule has 0 radical (unpaired) electrons. The zero-order chi connectivity index (χ0) is 41.4. The predicted octanol–water partition coefficient (Wildman–Crippen LogP) is -4.89. The van der Waals surface area contributed by atoms with E-state index in [0.29, 0.717) is 6.54 Å². The van der Waals surface area contributed by atoms with Gasteiger partial charge in [-0.25, -0.2) is 0 Å². The van der Waals surface area contributed by atoms with Crippen LogP contribution in [0, 0.1) is 0 Å². The van der Waals surface area contributed by atoms with Gasteiger partial charge >= 0.3 is 0 Å². The van der Waals surface area contributed by atoms with Crippen molar-refractivity contribution in [2.75, 3.05) is 39.5 Å². The molecule has 3 rings (SSSR count). The molecule has 0 spiro atoms. The van der Waals surface area contributed by atoms with Gasteiger partial charge in [0.25, 0.3) is 0 Å². The van der Waals surface area contributed by atoms with Crippen LogP contribution in [0.5, 0.6) is 0 Å². The number of nitrogens with one attached hydrogen (secondary N) is 1. The van der Waals surface area contributed by atoms with Gasteiger partial charge in [-0.15, -0.1) is 0 Å². The van der Waals surface area contributed by atoms with Crippen molar-refractivity contribution in [3.05, 3.63) is 0 Å². The second-order valence-electron chi connectivity index (χ2n) is 15.9. The lowest BCUT2D eigenvalue weighted by Crippen LogP contribution is -2.63. The lowest BCUT2D eigenvalue weighted by atomic mass is 9.98. The van der Waals surface area contributed by atoms with Gasteiger partial charge in [0, 0.05) is 6.54 Å². The topological polar surface area (TPSA) is 318 Å². The highest BCUT2D eigenvalue weighted by atomic mass is 16.8. The molecule has 18 unspecified atom stereocenters. The maximum absolute atomic E-state index is 10.7. The predicted molar refractivity (Wildman–Crippen MR) is 184 cm³/mol. The molecule has 3 saturated heterocycles. The monoisotopic (exact) mass is 807 g/mol. The van der Waals surface area contributed by atoms with Crippen LogP contribution >= 0.6 is 0 Å². The zero-order valence-corrected chi connectivity index (χ0v) is 32.4. The first kappa shape index (κ1) is 48.5. The fraction of sp³-hybridized carbons (Fsp3) is 1.00. The first-order valence-corrected chi connectivity index (χ1v) is 18.5. The standard InChI is InChI=1S/C34H65NO20/c1-8-9-35-10-19(54-33(2,3)4)50-16(15(37)11-36)12-47-29-25(43)22(40)20(38)17(51-29)13-48-30-26(44)23(41)21(39)18(52-30)14-49-31-27(45)24(42)28(46)32(53-31)55-34(5,6)7/h15-32,35-46H,8-14H2,1-7H3. The van der Waals surface area contributed by atoms with Crippen LogP contribution in [-0.4, -0.2) is 218 Å². The fourth-order valence-electron chi connectivity index (χ4n) is 5.82. The van der Waals surface area contributed by atoms with E-state index in [1.165, 1.54) is 0 Å². The van der Waals surface area contributed by atoms with E-state index in [9.17, 15) is 56.2 Å². The maximum atomic E-state index is 10.7. The fourth-order valence-corrected chi connectivity index (χ4v) is 5.82. The molecule has 21 nitrogen and oxygen atoms in total. The molecule has 3 fully saturated rings. The number of ether oxygens (including phenoxy) is 9. The van der Waals surface area contributed by atoms with Gasteiger partial charge in [-0.2, -0.15) is 0 Å². The smallest absolute Gasteiger partial charge is 0.189 e. The first-order chi connectivity index (χ1) is 25.6. The summed E-state index contributed by atoms with van der Waals surface area (Å²) in [5.74, 6) is 0. The Morgan fingerprint density at radius 1 is 0.600 bits per heavy atom. The molecule has 3 aliphatic heterocycles. The number of hydrogen-bond donors (Lipinski definition) is 12. The molecule has 0 aromatic carbocycles. The summed E-state index contributed by atoms with van der Waals surface area (Å²) in [4.78, 5) is 0. The molecule has 0 aliphatic carbocycles. The molecule has 0 amide bonds. The molecule has 0 saturated carbocycles. The molecule has 0 bridgehead atoms. The Hall–Kier alpha value is -0.840. The van der Waals surface area contributed by atoms with Gasteiger partial charge in [0.1, 0.15) is 79.4 Å². The minimum absolute atomic E-state index is 0.233. The van der Waals surface area contributed by atoms with Crippen molar-refractivity contribution < 1.29 is 98.8 Å². The molecule has 12 N–H and O–H groups in total. The van der Waals surface area contributed by atoms with Gasteiger partial charge in [-0.3, -0.25) is 0 Å². The molecule has 3 aliphatic rings.